The lowest BCUT2D eigenvalue weighted by molar-refractivity contribution is -0.152. The zero-order valence-electron chi connectivity index (χ0n) is 18.8. The summed E-state index contributed by atoms with van der Waals surface area (Å²) >= 11 is 0. The number of esters is 2. The lowest BCUT2D eigenvalue weighted by Crippen LogP contribution is -2.37. The number of likely N-dealkylation sites (tertiary alicyclic amines) is 1. The van der Waals surface area contributed by atoms with Crippen molar-refractivity contribution in [3.63, 3.8) is 0 Å². The standard InChI is InChI=1S/C24H34N2O4/c1-7-10-11-19(8-2)15-26-13-12-24(6,16-26)30-23(28)21-14-20(22(27)29-9-3)17(4)25-18(21)5/h7-8,10-11,25H,1,9,12-16H2,2-6H3/b11-10-,19-8+/t24-/m1/s1. The van der Waals surface area contributed by atoms with E-state index in [9.17, 15) is 9.59 Å². The molecule has 2 heterocycles. The van der Waals surface area contributed by atoms with Crippen molar-refractivity contribution in [3.8, 4) is 0 Å². The van der Waals surface area contributed by atoms with Crippen LogP contribution in [0.5, 0.6) is 0 Å². The Morgan fingerprint density at radius 2 is 1.90 bits per heavy atom. The van der Waals surface area contributed by atoms with Crippen molar-refractivity contribution in [1.82, 2.24) is 10.2 Å². The maximum absolute atomic E-state index is 13.0. The second-order valence-electron chi connectivity index (χ2n) is 7.99. The van der Waals surface area contributed by atoms with Crippen molar-refractivity contribution in [2.45, 2.75) is 53.1 Å². The van der Waals surface area contributed by atoms with Crippen LogP contribution in [0.3, 0.4) is 0 Å². The van der Waals surface area contributed by atoms with E-state index in [2.05, 4.69) is 22.9 Å². The van der Waals surface area contributed by atoms with Crippen molar-refractivity contribution >= 4 is 11.9 Å². The molecule has 1 saturated heterocycles. The van der Waals surface area contributed by atoms with Gasteiger partial charge in [-0.25, -0.2) is 9.59 Å². The third-order valence-corrected chi connectivity index (χ3v) is 5.48. The Balaban J connectivity index is 2.03. The summed E-state index contributed by atoms with van der Waals surface area (Å²) < 4.78 is 11.1. The van der Waals surface area contributed by atoms with Crippen LogP contribution in [0.25, 0.3) is 0 Å². The van der Waals surface area contributed by atoms with Crippen LogP contribution in [0.1, 0.15) is 47.5 Å². The number of rotatable bonds is 8. The van der Waals surface area contributed by atoms with E-state index in [1.165, 1.54) is 5.57 Å². The van der Waals surface area contributed by atoms with Gasteiger partial charge in [0.05, 0.1) is 17.8 Å². The van der Waals surface area contributed by atoms with Crippen molar-refractivity contribution in [2.24, 2.45) is 0 Å². The number of nitrogens with zero attached hydrogens (tertiary/aromatic N) is 1. The van der Waals surface area contributed by atoms with Gasteiger partial charge in [-0.05, 0) is 40.2 Å². The molecule has 0 spiro atoms. The summed E-state index contributed by atoms with van der Waals surface area (Å²) in [5.74, 6) is -0.776. The van der Waals surface area contributed by atoms with E-state index in [1.54, 1.807) is 13.0 Å². The first-order valence-electron chi connectivity index (χ1n) is 10.5. The molecule has 1 fully saturated rings. The predicted molar refractivity (Wildman–Crippen MR) is 118 cm³/mol. The first kappa shape index (κ1) is 23.7. The highest BCUT2D eigenvalue weighted by molar-refractivity contribution is 5.96. The molecule has 2 aliphatic rings. The van der Waals surface area contributed by atoms with Gasteiger partial charge in [0.1, 0.15) is 5.60 Å². The van der Waals surface area contributed by atoms with Crippen LogP contribution in [-0.4, -0.2) is 48.7 Å². The second-order valence-corrected chi connectivity index (χ2v) is 7.99. The van der Waals surface area contributed by atoms with Crippen molar-refractivity contribution in [1.29, 1.82) is 0 Å². The number of hydrogen-bond acceptors (Lipinski definition) is 6. The van der Waals surface area contributed by atoms with Gasteiger partial charge < -0.3 is 14.8 Å². The molecule has 0 amide bonds. The molecule has 0 unspecified atom stereocenters. The van der Waals surface area contributed by atoms with E-state index in [1.807, 2.05) is 39.8 Å². The second kappa shape index (κ2) is 10.4. The molecule has 0 saturated carbocycles. The van der Waals surface area contributed by atoms with Crippen LogP contribution in [0.2, 0.25) is 0 Å². The number of nitrogens with one attached hydrogen (secondary N) is 1. The highest BCUT2D eigenvalue weighted by Gasteiger charge is 2.39. The van der Waals surface area contributed by atoms with Gasteiger partial charge in [-0.15, -0.1) is 0 Å². The average molecular weight is 415 g/mol. The van der Waals surface area contributed by atoms with Crippen LogP contribution in [-0.2, 0) is 19.1 Å². The van der Waals surface area contributed by atoms with Gasteiger partial charge in [0.2, 0.25) is 0 Å². The number of dihydropyridines is 1. The normalized spacial score (nSPS) is 23.0. The first-order chi connectivity index (χ1) is 14.2. The summed E-state index contributed by atoms with van der Waals surface area (Å²) in [6.07, 6.45) is 8.79. The molecule has 1 atom stereocenters. The molecule has 0 aromatic carbocycles. The molecule has 1 N–H and O–H groups in total. The molecule has 2 rings (SSSR count). The Bertz CT molecular complexity index is 819. The minimum Gasteiger partial charge on any atom is -0.463 e. The minimum absolute atomic E-state index is 0.219. The molecule has 0 radical (unpaired) electrons. The molecule has 0 aromatic rings. The van der Waals surface area contributed by atoms with E-state index in [0.717, 1.165) is 25.2 Å². The predicted octanol–water partition coefficient (Wildman–Crippen LogP) is 3.79. The van der Waals surface area contributed by atoms with Gasteiger partial charge in [0, 0.05) is 43.9 Å². The van der Waals surface area contributed by atoms with E-state index >= 15 is 0 Å². The van der Waals surface area contributed by atoms with Crippen LogP contribution < -0.4 is 5.32 Å². The molecule has 6 nitrogen and oxygen atoms in total. The fourth-order valence-corrected chi connectivity index (χ4v) is 3.76. The van der Waals surface area contributed by atoms with Crippen molar-refractivity contribution in [3.05, 3.63) is 59.0 Å². The number of ether oxygens (including phenoxy) is 2. The fraction of sp³-hybridized carbons (Fsp3) is 0.500. The monoisotopic (exact) mass is 414 g/mol. The lowest BCUT2D eigenvalue weighted by Gasteiger charge is -2.28. The summed E-state index contributed by atoms with van der Waals surface area (Å²) in [5, 5.41) is 3.12. The van der Waals surface area contributed by atoms with E-state index in [4.69, 9.17) is 9.47 Å². The first-order valence-corrected chi connectivity index (χ1v) is 10.5. The third-order valence-electron chi connectivity index (χ3n) is 5.48. The summed E-state index contributed by atoms with van der Waals surface area (Å²) in [6.45, 7) is 15.7. The van der Waals surface area contributed by atoms with E-state index in [0.29, 0.717) is 30.0 Å². The molecule has 6 heteroatoms. The smallest absolute Gasteiger partial charge is 0.336 e. The SMILES string of the molecule is C=C/C=C\C(=C/C)CN1CC[C@@](C)(OC(=O)C2=C(C)NC(C)=C(C(=O)OCC)C2)C1. The summed E-state index contributed by atoms with van der Waals surface area (Å²) in [4.78, 5) is 27.5. The van der Waals surface area contributed by atoms with Gasteiger partial charge in [0.25, 0.3) is 0 Å². The zero-order valence-corrected chi connectivity index (χ0v) is 18.8. The van der Waals surface area contributed by atoms with Gasteiger partial charge in [0.15, 0.2) is 0 Å². The van der Waals surface area contributed by atoms with Gasteiger partial charge in [-0.2, -0.15) is 0 Å². The fourth-order valence-electron chi connectivity index (χ4n) is 3.76. The Morgan fingerprint density at radius 3 is 2.50 bits per heavy atom. The summed E-state index contributed by atoms with van der Waals surface area (Å²) in [5.41, 5.74) is 3.01. The van der Waals surface area contributed by atoms with Crippen molar-refractivity contribution < 1.29 is 19.1 Å². The van der Waals surface area contributed by atoms with Crippen LogP contribution in [0, 0.1) is 0 Å². The number of carbonyl (C=O) groups is 2. The molecule has 0 aliphatic carbocycles. The number of hydrogen-bond donors (Lipinski definition) is 1. The Kier molecular flexibility index (Phi) is 8.24. The average Bonchev–Trinajstić information content (AvgIpc) is 3.05. The number of allylic oxidation sites excluding steroid dienone is 5. The van der Waals surface area contributed by atoms with Gasteiger partial charge >= 0.3 is 11.9 Å². The Labute approximate surface area is 180 Å². The molecule has 164 valence electrons. The minimum atomic E-state index is -0.564. The third kappa shape index (κ3) is 5.95. The van der Waals surface area contributed by atoms with Crippen LogP contribution in [0.4, 0.5) is 0 Å². The summed E-state index contributed by atoms with van der Waals surface area (Å²) in [7, 11) is 0. The number of carbonyl (C=O) groups excluding carboxylic acids is 2. The van der Waals surface area contributed by atoms with E-state index < -0.39 is 11.6 Å². The van der Waals surface area contributed by atoms with Crippen LogP contribution in [0.15, 0.2) is 59.0 Å². The highest BCUT2D eigenvalue weighted by atomic mass is 16.6. The molecular formula is C24H34N2O4. The summed E-state index contributed by atoms with van der Waals surface area (Å²) in [6, 6.07) is 0. The van der Waals surface area contributed by atoms with E-state index in [-0.39, 0.29) is 12.4 Å². The quantitative estimate of drug-likeness (QED) is 0.481. The zero-order chi connectivity index (χ0) is 22.3. The topological polar surface area (TPSA) is 67.9 Å². The highest BCUT2D eigenvalue weighted by Crippen LogP contribution is 2.30. The molecule has 2 aliphatic heterocycles. The van der Waals surface area contributed by atoms with Gasteiger partial charge in [-0.1, -0.05) is 30.9 Å². The molecular weight excluding hydrogens is 380 g/mol. The maximum atomic E-state index is 13.0. The van der Waals surface area contributed by atoms with Crippen LogP contribution >= 0.6 is 0 Å². The maximum Gasteiger partial charge on any atom is 0.336 e. The van der Waals surface area contributed by atoms with Crippen molar-refractivity contribution in [2.75, 3.05) is 26.2 Å². The molecule has 30 heavy (non-hydrogen) atoms. The largest absolute Gasteiger partial charge is 0.463 e. The Hall–Kier alpha value is -2.60. The lowest BCUT2D eigenvalue weighted by atomic mass is 9.97. The van der Waals surface area contributed by atoms with Gasteiger partial charge in [-0.3, -0.25) is 4.90 Å². The molecule has 0 bridgehead atoms. The Morgan fingerprint density at radius 1 is 1.23 bits per heavy atom. The molecule has 0 aromatic heterocycles.